The summed E-state index contributed by atoms with van der Waals surface area (Å²) in [6, 6.07) is 23.6. The summed E-state index contributed by atoms with van der Waals surface area (Å²) in [5.74, 6) is 0.332. The number of carbonyl (C=O) groups excluding carboxylic acids is 2. The minimum Gasteiger partial charge on any atom is -0.497 e. The van der Waals surface area contributed by atoms with Crippen LogP contribution in [-0.4, -0.2) is 60.4 Å². The van der Waals surface area contributed by atoms with Crippen molar-refractivity contribution >= 4 is 29.9 Å². The van der Waals surface area contributed by atoms with Crippen LogP contribution in [0.3, 0.4) is 0 Å². The highest BCUT2D eigenvalue weighted by molar-refractivity contribution is 6.02. The van der Waals surface area contributed by atoms with E-state index in [0.717, 1.165) is 29.7 Å². The fourth-order valence-electron chi connectivity index (χ4n) is 4.52. The second-order valence-corrected chi connectivity index (χ2v) is 9.64. The lowest BCUT2D eigenvalue weighted by Gasteiger charge is -2.22. The van der Waals surface area contributed by atoms with Crippen LogP contribution in [0, 0.1) is 0 Å². The Labute approximate surface area is 249 Å². The van der Waals surface area contributed by atoms with Crippen molar-refractivity contribution in [3.63, 3.8) is 0 Å². The van der Waals surface area contributed by atoms with Gasteiger partial charge in [-0.2, -0.15) is 0 Å². The molecule has 0 unspecified atom stereocenters. The Bertz CT molecular complexity index is 1260. The molecule has 0 aliphatic rings. The number of nitrogens with one attached hydrogen (secondary N) is 2. The third kappa shape index (κ3) is 10.2. The van der Waals surface area contributed by atoms with Gasteiger partial charge >= 0.3 is 0 Å². The first-order valence-corrected chi connectivity index (χ1v) is 13.8. The van der Waals surface area contributed by atoms with Crippen LogP contribution in [0.15, 0.2) is 84.0 Å². The molecule has 220 valence electrons. The van der Waals surface area contributed by atoms with E-state index in [1.165, 1.54) is 0 Å². The highest BCUT2D eigenvalue weighted by Gasteiger charge is 2.22. The number of hydrogen-bond acceptors (Lipinski definition) is 6. The summed E-state index contributed by atoms with van der Waals surface area (Å²) < 4.78 is 5.29. The molecular weight excluding hydrogens is 540 g/mol. The number of nitrogens with zero attached hydrogens (tertiary/aromatic N) is 2. The van der Waals surface area contributed by atoms with Crippen LogP contribution in [0.1, 0.15) is 58.5 Å². The number of oxime groups is 1. The van der Waals surface area contributed by atoms with Crippen LogP contribution in [-0.2, 0) is 13.0 Å². The average molecular weight is 581 g/mol. The topological polar surface area (TPSA) is 103 Å². The van der Waals surface area contributed by atoms with Gasteiger partial charge in [0.05, 0.1) is 18.9 Å². The van der Waals surface area contributed by atoms with E-state index in [9.17, 15) is 14.8 Å². The van der Waals surface area contributed by atoms with Gasteiger partial charge < -0.3 is 25.5 Å². The molecule has 1 atom stereocenters. The maximum Gasteiger partial charge on any atom is 0.253 e. The van der Waals surface area contributed by atoms with Crippen molar-refractivity contribution in [2.24, 2.45) is 5.16 Å². The molecule has 0 heterocycles. The molecule has 0 radical (unpaired) electrons. The molecule has 0 aliphatic carbocycles. The first kappa shape index (κ1) is 33.3. The number of benzene rings is 3. The molecule has 0 saturated heterocycles. The summed E-state index contributed by atoms with van der Waals surface area (Å²) in [5.41, 5.74) is 3.25. The van der Waals surface area contributed by atoms with E-state index in [2.05, 4.69) is 15.8 Å². The number of amides is 2. The molecular formula is C32H41ClN4O4. The van der Waals surface area contributed by atoms with Gasteiger partial charge in [-0.3, -0.25) is 9.59 Å². The molecule has 3 aromatic carbocycles. The van der Waals surface area contributed by atoms with Crippen LogP contribution < -0.4 is 15.4 Å². The third-order valence-corrected chi connectivity index (χ3v) is 6.53. The molecule has 3 N–H and O–H groups in total. The van der Waals surface area contributed by atoms with Crippen molar-refractivity contribution in [1.29, 1.82) is 0 Å². The monoisotopic (exact) mass is 580 g/mol. The summed E-state index contributed by atoms with van der Waals surface area (Å²) in [4.78, 5) is 28.4. The molecule has 0 aliphatic heterocycles. The standard InChI is InChI=1S/C32H40N4O4.ClH/c1-4-17-36(18-5-2)32(38)27-15-10-14-26(21-27)31(37)34-29(20-24-11-7-6-8-12-24)30(35-39)23-33-22-25-13-9-16-28(19-25)40-3;/h6-16,19,21,29,33,39H,4-5,17-18,20,22-23H2,1-3H3,(H,34,37);1H/t29-;/m0./s1. The van der Waals surface area contributed by atoms with Gasteiger partial charge in [-0.1, -0.05) is 67.5 Å². The maximum atomic E-state index is 13.4. The molecule has 8 nitrogen and oxygen atoms in total. The van der Waals surface area contributed by atoms with E-state index in [4.69, 9.17) is 4.74 Å². The Balaban J connectivity index is 0.00000588. The number of methoxy groups -OCH3 is 1. The van der Waals surface area contributed by atoms with E-state index in [-0.39, 0.29) is 30.8 Å². The molecule has 2 amide bonds. The molecule has 0 spiro atoms. The van der Waals surface area contributed by atoms with Gasteiger partial charge in [-0.25, -0.2) is 0 Å². The lowest BCUT2D eigenvalue weighted by molar-refractivity contribution is 0.0755. The van der Waals surface area contributed by atoms with Crippen molar-refractivity contribution in [1.82, 2.24) is 15.5 Å². The van der Waals surface area contributed by atoms with Gasteiger partial charge in [-0.15, -0.1) is 12.4 Å². The van der Waals surface area contributed by atoms with Crippen LogP contribution >= 0.6 is 12.4 Å². The lowest BCUT2D eigenvalue weighted by atomic mass is 10.0. The quantitative estimate of drug-likeness (QED) is 0.128. The van der Waals surface area contributed by atoms with Crippen molar-refractivity contribution in [3.05, 3.63) is 101 Å². The Morgan fingerprint density at radius 1 is 0.902 bits per heavy atom. The summed E-state index contributed by atoms with van der Waals surface area (Å²) in [6.07, 6.45) is 2.16. The SMILES string of the molecule is CCCN(CCC)C(=O)c1cccc(C(=O)N[C@@H](Cc2ccccc2)C(CNCc2cccc(OC)c2)=NO)c1.Cl. The Hall–Kier alpha value is -3.88. The first-order valence-electron chi connectivity index (χ1n) is 13.8. The largest absolute Gasteiger partial charge is 0.497 e. The highest BCUT2D eigenvalue weighted by atomic mass is 35.5. The second-order valence-electron chi connectivity index (χ2n) is 9.64. The molecule has 3 aromatic rings. The predicted octanol–water partition coefficient (Wildman–Crippen LogP) is 5.34. The third-order valence-electron chi connectivity index (χ3n) is 6.53. The summed E-state index contributed by atoms with van der Waals surface area (Å²) in [6.45, 7) is 6.20. The van der Waals surface area contributed by atoms with Gasteiger partial charge in [0.15, 0.2) is 0 Å². The number of ether oxygens (including phenoxy) is 1. The minimum absolute atomic E-state index is 0. The number of carbonyl (C=O) groups is 2. The van der Waals surface area contributed by atoms with Gasteiger partial charge in [0.1, 0.15) is 5.75 Å². The van der Waals surface area contributed by atoms with Gasteiger partial charge in [0, 0.05) is 37.3 Å². The lowest BCUT2D eigenvalue weighted by Crippen LogP contribution is -2.46. The first-order chi connectivity index (χ1) is 19.5. The smallest absolute Gasteiger partial charge is 0.253 e. The molecule has 0 bridgehead atoms. The van der Waals surface area contributed by atoms with E-state index in [1.54, 1.807) is 31.4 Å². The van der Waals surface area contributed by atoms with E-state index in [0.29, 0.717) is 42.9 Å². The van der Waals surface area contributed by atoms with Crippen molar-refractivity contribution in [3.8, 4) is 5.75 Å². The molecule has 3 rings (SSSR count). The summed E-state index contributed by atoms with van der Waals surface area (Å²) in [5, 5.41) is 19.8. The zero-order valence-corrected chi connectivity index (χ0v) is 24.8. The van der Waals surface area contributed by atoms with E-state index >= 15 is 0 Å². The Kier molecular flexibility index (Phi) is 14.4. The Morgan fingerprint density at radius 3 is 2.22 bits per heavy atom. The summed E-state index contributed by atoms with van der Waals surface area (Å²) in [7, 11) is 1.62. The fraction of sp³-hybridized carbons (Fsp3) is 0.344. The van der Waals surface area contributed by atoms with E-state index in [1.807, 2.05) is 73.3 Å². The van der Waals surface area contributed by atoms with Crippen LogP contribution in [0.5, 0.6) is 5.75 Å². The van der Waals surface area contributed by atoms with Gasteiger partial charge in [0.2, 0.25) is 0 Å². The number of halogens is 1. The number of rotatable bonds is 15. The zero-order valence-electron chi connectivity index (χ0n) is 24.0. The fourth-order valence-corrected chi connectivity index (χ4v) is 4.52. The highest BCUT2D eigenvalue weighted by Crippen LogP contribution is 2.14. The molecule has 0 saturated carbocycles. The predicted molar refractivity (Wildman–Crippen MR) is 165 cm³/mol. The van der Waals surface area contributed by atoms with Gasteiger partial charge in [-0.05, 0) is 60.7 Å². The minimum atomic E-state index is -0.575. The molecule has 41 heavy (non-hydrogen) atoms. The van der Waals surface area contributed by atoms with Crippen LogP contribution in [0.25, 0.3) is 0 Å². The van der Waals surface area contributed by atoms with Crippen molar-refractivity contribution < 1.29 is 19.5 Å². The van der Waals surface area contributed by atoms with Gasteiger partial charge in [0.25, 0.3) is 11.8 Å². The number of hydrogen-bond donors (Lipinski definition) is 3. The van der Waals surface area contributed by atoms with Crippen molar-refractivity contribution in [2.45, 2.75) is 45.7 Å². The maximum absolute atomic E-state index is 13.4. The Morgan fingerprint density at radius 2 is 1.56 bits per heavy atom. The zero-order chi connectivity index (χ0) is 28.7. The normalized spacial score (nSPS) is 11.7. The molecule has 0 aromatic heterocycles. The second kappa shape index (κ2) is 17.7. The average Bonchev–Trinajstić information content (AvgIpc) is 2.99. The summed E-state index contributed by atoms with van der Waals surface area (Å²) >= 11 is 0. The van der Waals surface area contributed by atoms with Crippen LogP contribution in [0.4, 0.5) is 0 Å². The molecule has 9 heteroatoms. The van der Waals surface area contributed by atoms with Crippen LogP contribution in [0.2, 0.25) is 0 Å². The van der Waals surface area contributed by atoms with E-state index < -0.39 is 6.04 Å². The molecule has 0 fully saturated rings. The van der Waals surface area contributed by atoms with Crippen molar-refractivity contribution in [2.75, 3.05) is 26.7 Å².